The molecular weight excluding hydrogens is 132 g/mol. The Bertz CT molecular complexity index is 83.1. The van der Waals surface area contributed by atoms with Crippen LogP contribution in [0.2, 0.25) is 0 Å². The average molecular weight is 146 g/mol. The zero-order valence-electron chi connectivity index (χ0n) is 5.81. The largest absolute Gasteiger partial charge is 0.380 e. The molecule has 0 radical (unpaired) electrons. The first-order valence-corrected chi connectivity index (χ1v) is 3.62. The van der Waals surface area contributed by atoms with Crippen molar-refractivity contribution in [1.29, 1.82) is 0 Å². The highest BCUT2D eigenvalue weighted by Crippen LogP contribution is 1.81. The fraction of sp³-hybridized carbons (Fsp3) is 0.833. The second kappa shape index (κ2) is 5.98. The van der Waals surface area contributed by atoms with E-state index in [2.05, 4.69) is 5.32 Å². The number of hydrogen-bond acceptors (Lipinski definition) is 2. The standard InChI is InChI=1S/C6H14N2S/c1-6(9)8-5-3-2-4-7/h2-5,7H2,1H3,(H,8,9). The molecule has 0 aliphatic heterocycles. The predicted octanol–water partition coefficient (Wildman–Crippen LogP) is 0.662. The first kappa shape index (κ1) is 8.85. The minimum Gasteiger partial charge on any atom is -0.380 e. The first-order valence-electron chi connectivity index (χ1n) is 3.22. The third-order valence-corrected chi connectivity index (χ3v) is 1.15. The van der Waals surface area contributed by atoms with Crippen LogP contribution < -0.4 is 11.1 Å². The summed E-state index contributed by atoms with van der Waals surface area (Å²) in [4.78, 5) is 0.868. The van der Waals surface area contributed by atoms with Gasteiger partial charge in [0.05, 0.1) is 4.99 Å². The zero-order chi connectivity index (χ0) is 7.11. The van der Waals surface area contributed by atoms with Crippen LogP contribution in [0, 0.1) is 0 Å². The van der Waals surface area contributed by atoms with Crippen LogP contribution >= 0.6 is 12.2 Å². The molecule has 0 aromatic carbocycles. The van der Waals surface area contributed by atoms with Crippen molar-refractivity contribution in [1.82, 2.24) is 5.32 Å². The van der Waals surface area contributed by atoms with E-state index in [1.807, 2.05) is 6.92 Å². The van der Waals surface area contributed by atoms with Crippen molar-refractivity contribution in [2.45, 2.75) is 19.8 Å². The van der Waals surface area contributed by atoms with Crippen LogP contribution in [-0.4, -0.2) is 18.1 Å². The predicted molar refractivity (Wildman–Crippen MR) is 44.6 cm³/mol. The van der Waals surface area contributed by atoms with E-state index in [1.165, 1.54) is 0 Å². The summed E-state index contributed by atoms with van der Waals surface area (Å²) in [5, 5.41) is 3.06. The SMILES string of the molecule is CC(=S)NCCCCN. The van der Waals surface area contributed by atoms with Crippen LogP contribution in [0.15, 0.2) is 0 Å². The maximum absolute atomic E-state index is 5.28. The fourth-order valence-corrected chi connectivity index (χ4v) is 0.636. The van der Waals surface area contributed by atoms with Gasteiger partial charge in [-0.25, -0.2) is 0 Å². The highest BCUT2D eigenvalue weighted by Gasteiger charge is 1.85. The molecule has 2 nitrogen and oxygen atoms in total. The molecule has 0 bridgehead atoms. The lowest BCUT2D eigenvalue weighted by atomic mass is 10.3. The van der Waals surface area contributed by atoms with Gasteiger partial charge in [-0.3, -0.25) is 0 Å². The van der Waals surface area contributed by atoms with Crippen molar-refractivity contribution >= 4 is 17.2 Å². The molecule has 54 valence electrons. The number of unbranched alkanes of at least 4 members (excludes halogenated alkanes) is 1. The highest BCUT2D eigenvalue weighted by atomic mass is 32.1. The molecular formula is C6H14N2S. The van der Waals surface area contributed by atoms with E-state index in [9.17, 15) is 0 Å². The van der Waals surface area contributed by atoms with E-state index in [1.54, 1.807) is 0 Å². The number of nitrogens with two attached hydrogens (primary N) is 1. The average Bonchev–Trinajstić information content (AvgIpc) is 1.80. The Balaban J connectivity index is 2.83. The lowest BCUT2D eigenvalue weighted by Crippen LogP contribution is -2.19. The van der Waals surface area contributed by atoms with Gasteiger partial charge in [0.25, 0.3) is 0 Å². The molecule has 3 heteroatoms. The van der Waals surface area contributed by atoms with Crippen LogP contribution in [0.25, 0.3) is 0 Å². The molecule has 0 spiro atoms. The molecule has 0 aliphatic rings. The molecule has 0 heterocycles. The van der Waals surface area contributed by atoms with Gasteiger partial charge in [0.1, 0.15) is 0 Å². The Morgan fingerprint density at radius 2 is 2.22 bits per heavy atom. The lowest BCUT2D eigenvalue weighted by molar-refractivity contribution is 0.720. The van der Waals surface area contributed by atoms with E-state index < -0.39 is 0 Å². The van der Waals surface area contributed by atoms with Gasteiger partial charge in [-0.1, -0.05) is 12.2 Å². The highest BCUT2D eigenvalue weighted by molar-refractivity contribution is 7.80. The van der Waals surface area contributed by atoms with E-state index >= 15 is 0 Å². The quantitative estimate of drug-likeness (QED) is 0.452. The molecule has 0 atom stereocenters. The van der Waals surface area contributed by atoms with Gasteiger partial charge >= 0.3 is 0 Å². The second-order valence-electron chi connectivity index (χ2n) is 1.98. The molecule has 0 saturated carbocycles. The third-order valence-electron chi connectivity index (χ3n) is 1.00. The monoisotopic (exact) mass is 146 g/mol. The van der Waals surface area contributed by atoms with Crippen LogP contribution in [0.4, 0.5) is 0 Å². The summed E-state index contributed by atoms with van der Waals surface area (Å²) in [7, 11) is 0. The van der Waals surface area contributed by atoms with Gasteiger partial charge in [-0.2, -0.15) is 0 Å². The molecule has 0 aromatic rings. The van der Waals surface area contributed by atoms with Crippen molar-refractivity contribution in [3.05, 3.63) is 0 Å². The Kier molecular flexibility index (Phi) is 5.88. The van der Waals surface area contributed by atoms with Crippen molar-refractivity contribution in [2.24, 2.45) is 5.73 Å². The van der Waals surface area contributed by atoms with Crippen LogP contribution in [-0.2, 0) is 0 Å². The molecule has 0 aromatic heterocycles. The van der Waals surface area contributed by atoms with Gasteiger partial charge < -0.3 is 11.1 Å². The smallest absolute Gasteiger partial charge is 0.0721 e. The van der Waals surface area contributed by atoms with Gasteiger partial charge in [0.15, 0.2) is 0 Å². The number of hydrogen-bond donors (Lipinski definition) is 2. The molecule has 3 N–H and O–H groups in total. The minimum atomic E-state index is 0.776. The maximum atomic E-state index is 5.28. The molecule has 0 fully saturated rings. The summed E-state index contributed by atoms with van der Waals surface area (Å²) in [6.07, 6.45) is 2.19. The van der Waals surface area contributed by atoms with Crippen molar-refractivity contribution < 1.29 is 0 Å². The summed E-state index contributed by atoms with van der Waals surface area (Å²) in [6, 6.07) is 0. The van der Waals surface area contributed by atoms with Crippen molar-refractivity contribution in [3.63, 3.8) is 0 Å². The fourth-order valence-electron chi connectivity index (χ4n) is 0.534. The number of thiocarbonyl (C=S) groups is 1. The number of rotatable bonds is 4. The molecule has 0 rings (SSSR count). The Morgan fingerprint density at radius 3 is 2.67 bits per heavy atom. The van der Waals surface area contributed by atoms with Gasteiger partial charge in [0, 0.05) is 6.54 Å². The van der Waals surface area contributed by atoms with Gasteiger partial charge in [-0.05, 0) is 26.3 Å². The molecule has 0 unspecified atom stereocenters. The Hall–Kier alpha value is -0.150. The topological polar surface area (TPSA) is 38.0 Å². The van der Waals surface area contributed by atoms with E-state index in [4.69, 9.17) is 18.0 Å². The summed E-state index contributed by atoms with van der Waals surface area (Å²) >= 11 is 4.80. The van der Waals surface area contributed by atoms with Crippen LogP contribution in [0.5, 0.6) is 0 Å². The van der Waals surface area contributed by atoms with Crippen LogP contribution in [0.1, 0.15) is 19.8 Å². The molecule has 0 amide bonds. The normalized spacial score (nSPS) is 9.11. The molecule has 0 saturated heterocycles. The van der Waals surface area contributed by atoms with E-state index in [0.29, 0.717) is 0 Å². The summed E-state index contributed by atoms with van der Waals surface area (Å²) in [5.41, 5.74) is 5.28. The summed E-state index contributed by atoms with van der Waals surface area (Å²) in [5.74, 6) is 0. The van der Waals surface area contributed by atoms with E-state index in [-0.39, 0.29) is 0 Å². The van der Waals surface area contributed by atoms with Crippen molar-refractivity contribution in [2.75, 3.05) is 13.1 Å². The Labute approximate surface area is 61.8 Å². The van der Waals surface area contributed by atoms with Crippen LogP contribution in [0.3, 0.4) is 0 Å². The molecule has 9 heavy (non-hydrogen) atoms. The zero-order valence-corrected chi connectivity index (χ0v) is 6.63. The second-order valence-corrected chi connectivity index (χ2v) is 2.59. The maximum Gasteiger partial charge on any atom is 0.0721 e. The Morgan fingerprint density at radius 1 is 1.56 bits per heavy atom. The summed E-state index contributed by atoms with van der Waals surface area (Å²) in [6.45, 7) is 3.63. The minimum absolute atomic E-state index is 0.776. The first-order chi connectivity index (χ1) is 4.27. The van der Waals surface area contributed by atoms with Gasteiger partial charge in [-0.15, -0.1) is 0 Å². The van der Waals surface area contributed by atoms with E-state index in [0.717, 1.165) is 30.9 Å². The van der Waals surface area contributed by atoms with Crippen molar-refractivity contribution in [3.8, 4) is 0 Å². The lowest BCUT2D eigenvalue weighted by Gasteiger charge is -2.00. The molecule has 0 aliphatic carbocycles. The van der Waals surface area contributed by atoms with Gasteiger partial charge in [0.2, 0.25) is 0 Å². The number of nitrogens with one attached hydrogen (secondary N) is 1. The third kappa shape index (κ3) is 7.85. The summed E-state index contributed by atoms with van der Waals surface area (Å²) < 4.78 is 0.